The maximum absolute atomic E-state index is 12.9. The number of esters is 1. The van der Waals surface area contributed by atoms with Crippen LogP contribution >= 0.6 is 0 Å². The Balaban J connectivity index is 1.78. The minimum atomic E-state index is -0.567. The summed E-state index contributed by atoms with van der Waals surface area (Å²) in [5.74, 6) is -1.26. The Kier molecular flexibility index (Phi) is 5.72. The molecule has 7 heteroatoms. The third-order valence-corrected chi connectivity index (χ3v) is 5.03. The highest BCUT2D eigenvalue weighted by atomic mass is 16.5. The number of nitrogens with one attached hydrogen (secondary N) is 2. The van der Waals surface area contributed by atoms with E-state index in [9.17, 15) is 14.4 Å². The lowest BCUT2D eigenvalue weighted by atomic mass is 9.99. The first-order chi connectivity index (χ1) is 15.5. The van der Waals surface area contributed by atoms with Crippen LogP contribution in [0, 0.1) is 0 Å². The molecule has 3 aromatic rings. The molecule has 0 radical (unpaired) electrons. The summed E-state index contributed by atoms with van der Waals surface area (Å²) in [5, 5.41) is 6.13. The minimum absolute atomic E-state index is 0.295. The van der Waals surface area contributed by atoms with E-state index in [0.717, 1.165) is 5.56 Å². The van der Waals surface area contributed by atoms with E-state index in [0.29, 0.717) is 45.9 Å². The van der Waals surface area contributed by atoms with E-state index in [1.54, 1.807) is 49.4 Å². The molecule has 7 nitrogen and oxygen atoms in total. The number of nitrogens with two attached hydrogens (primary N) is 1. The van der Waals surface area contributed by atoms with Crippen LogP contribution in [-0.4, -0.2) is 24.4 Å². The van der Waals surface area contributed by atoms with Gasteiger partial charge in [0, 0.05) is 22.5 Å². The van der Waals surface area contributed by atoms with Crippen molar-refractivity contribution in [2.45, 2.75) is 6.92 Å². The number of anilines is 2. The number of fused-ring (bicyclic) bond motifs is 1. The molecular formula is C25H21N3O4. The van der Waals surface area contributed by atoms with Gasteiger partial charge in [0.2, 0.25) is 5.91 Å². The predicted molar refractivity (Wildman–Crippen MR) is 123 cm³/mol. The smallest absolute Gasteiger partial charge is 0.338 e. The lowest BCUT2D eigenvalue weighted by molar-refractivity contribution is -0.110. The van der Waals surface area contributed by atoms with Crippen LogP contribution < -0.4 is 16.4 Å². The second-order valence-corrected chi connectivity index (χ2v) is 7.12. The monoisotopic (exact) mass is 427 g/mol. The number of carbonyl (C=O) groups is 3. The molecule has 0 spiro atoms. The van der Waals surface area contributed by atoms with Crippen molar-refractivity contribution in [3.05, 3.63) is 95.1 Å². The number of carbonyl (C=O) groups excluding carboxylic acids is 3. The van der Waals surface area contributed by atoms with Gasteiger partial charge in [0.15, 0.2) is 0 Å². The van der Waals surface area contributed by atoms with E-state index in [4.69, 9.17) is 10.5 Å². The quantitative estimate of drug-likeness (QED) is 0.408. The van der Waals surface area contributed by atoms with Gasteiger partial charge in [-0.1, -0.05) is 36.4 Å². The first kappa shape index (κ1) is 20.9. The summed E-state index contributed by atoms with van der Waals surface area (Å²) in [4.78, 5) is 36.4. The molecule has 32 heavy (non-hydrogen) atoms. The third-order valence-electron chi connectivity index (χ3n) is 5.03. The van der Waals surface area contributed by atoms with Gasteiger partial charge in [0.25, 0.3) is 5.91 Å². The Morgan fingerprint density at radius 1 is 0.938 bits per heavy atom. The van der Waals surface area contributed by atoms with E-state index in [2.05, 4.69) is 10.6 Å². The van der Waals surface area contributed by atoms with Crippen LogP contribution in [-0.2, 0) is 9.53 Å². The van der Waals surface area contributed by atoms with Gasteiger partial charge >= 0.3 is 5.97 Å². The van der Waals surface area contributed by atoms with Crippen LogP contribution in [0.2, 0.25) is 0 Å². The third kappa shape index (κ3) is 4.09. The van der Waals surface area contributed by atoms with Crippen molar-refractivity contribution in [3.63, 3.8) is 0 Å². The van der Waals surface area contributed by atoms with Gasteiger partial charge in [-0.3, -0.25) is 9.59 Å². The van der Waals surface area contributed by atoms with Crippen LogP contribution in [0.15, 0.2) is 72.8 Å². The average Bonchev–Trinajstić information content (AvgIpc) is 3.13. The summed E-state index contributed by atoms with van der Waals surface area (Å²) in [7, 11) is 0. The lowest BCUT2D eigenvalue weighted by Gasteiger charge is -2.15. The minimum Gasteiger partial charge on any atom is -0.462 e. The summed E-state index contributed by atoms with van der Waals surface area (Å²) in [6.45, 7) is 2.05. The fourth-order valence-corrected chi connectivity index (χ4v) is 3.51. The van der Waals surface area contributed by atoms with Gasteiger partial charge < -0.3 is 21.1 Å². The molecule has 3 aromatic carbocycles. The second-order valence-electron chi connectivity index (χ2n) is 7.12. The van der Waals surface area contributed by atoms with Crippen molar-refractivity contribution in [3.8, 4) is 0 Å². The summed E-state index contributed by atoms with van der Waals surface area (Å²) in [5.41, 5.74) is 9.85. The Hall–Kier alpha value is -4.39. The van der Waals surface area contributed by atoms with Gasteiger partial charge in [-0.25, -0.2) is 4.79 Å². The van der Waals surface area contributed by atoms with Crippen LogP contribution in [0.5, 0.6) is 0 Å². The average molecular weight is 427 g/mol. The molecule has 2 amide bonds. The van der Waals surface area contributed by atoms with E-state index in [1.165, 1.54) is 0 Å². The van der Waals surface area contributed by atoms with Gasteiger partial charge in [-0.2, -0.15) is 0 Å². The van der Waals surface area contributed by atoms with Crippen LogP contribution in [0.1, 0.15) is 38.8 Å². The van der Waals surface area contributed by atoms with Gasteiger partial charge in [-0.05, 0) is 48.9 Å². The van der Waals surface area contributed by atoms with Crippen molar-refractivity contribution in [1.29, 1.82) is 0 Å². The maximum atomic E-state index is 12.9. The number of ether oxygens (including phenoxy) is 1. The highest BCUT2D eigenvalue weighted by Gasteiger charge is 2.29. The topological polar surface area (TPSA) is 111 Å². The highest BCUT2D eigenvalue weighted by molar-refractivity contribution is 6.37. The van der Waals surface area contributed by atoms with Crippen molar-refractivity contribution in [1.82, 2.24) is 0 Å². The highest BCUT2D eigenvalue weighted by Crippen LogP contribution is 2.38. The van der Waals surface area contributed by atoms with Gasteiger partial charge in [0.05, 0.1) is 23.4 Å². The summed E-state index contributed by atoms with van der Waals surface area (Å²) in [6, 6.07) is 21.1. The normalized spacial score (nSPS) is 13.7. The molecule has 1 aliphatic heterocycles. The second kappa shape index (κ2) is 8.77. The molecule has 0 aliphatic carbocycles. The Morgan fingerprint density at radius 2 is 1.62 bits per heavy atom. The number of benzene rings is 3. The van der Waals surface area contributed by atoms with Gasteiger partial charge in [0.1, 0.15) is 0 Å². The van der Waals surface area contributed by atoms with E-state index < -0.39 is 11.9 Å². The van der Waals surface area contributed by atoms with Crippen molar-refractivity contribution in [2.75, 3.05) is 17.2 Å². The van der Waals surface area contributed by atoms with Crippen molar-refractivity contribution >= 4 is 40.4 Å². The molecule has 0 aromatic heterocycles. The molecule has 0 saturated carbocycles. The predicted octanol–water partition coefficient (Wildman–Crippen LogP) is 3.89. The number of rotatable bonds is 6. The molecule has 4 rings (SSSR count). The molecule has 1 aliphatic rings. The zero-order valence-electron chi connectivity index (χ0n) is 17.3. The van der Waals surface area contributed by atoms with Crippen molar-refractivity contribution in [2.24, 2.45) is 5.73 Å². The van der Waals surface area contributed by atoms with Crippen LogP contribution in [0.25, 0.3) is 11.3 Å². The SMILES string of the molecule is CCOC(=O)c1ccc(NC(=C2C(=O)Nc3cc(C(N)=O)ccc32)c2ccccc2)cc1. The molecule has 0 atom stereocenters. The Bertz CT molecular complexity index is 1230. The number of amides is 2. The summed E-state index contributed by atoms with van der Waals surface area (Å²) < 4.78 is 5.02. The standard InChI is InChI=1S/C25H21N3O4/c1-2-32-25(31)16-8-11-18(12-9-16)27-22(15-6-4-3-5-7-15)21-19-13-10-17(23(26)29)14-20(19)28-24(21)30/h3-14,27H,2H2,1H3,(H2,26,29)(H,28,30). The van der Waals surface area contributed by atoms with Crippen LogP contribution in [0.4, 0.5) is 11.4 Å². The zero-order chi connectivity index (χ0) is 22.7. The largest absolute Gasteiger partial charge is 0.462 e. The molecule has 1 heterocycles. The lowest BCUT2D eigenvalue weighted by Crippen LogP contribution is -2.11. The first-order valence-corrected chi connectivity index (χ1v) is 10.1. The van der Waals surface area contributed by atoms with Crippen LogP contribution in [0.3, 0.4) is 0 Å². The Labute approximate surface area is 184 Å². The van der Waals surface area contributed by atoms with E-state index in [1.807, 2.05) is 30.3 Å². The van der Waals surface area contributed by atoms with Gasteiger partial charge in [-0.15, -0.1) is 0 Å². The maximum Gasteiger partial charge on any atom is 0.338 e. The fourth-order valence-electron chi connectivity index (χ4n) is 3.51. The molecule has 0 unspecified atom stereocenters. The molecule has 0 bridgehead atoms. The van der Waals surface area contributed by atoms with E-state index in [-0.39, 0.29) is 5.91 Å². The zero-order valence-corrected chi connectivity index (χ0v) is 17.3. The van der Waals surface area contributed by atoms with E-state index >= 15 is 0 Å². The summed E-state index contributed by atoms with van der Waals surface area (Å²) in [6.07, 6.45) is 0. The number of hydrogen-bond donors (Lipinski definition) is 3. The number of hydrogen-bond acceptors (Lipinski definition) is 5. The molecule has 4 N–H and O–H groups in total. The molecule has 0 fully saturated rings. The number of primary amides is 1. The first-order valence-electron chi connectivity index (χ1n) is 10.1. The van der Waals surface area contributed by atoms with Crippen molar-refractivity contribution < 1.29 is 19.1 Å². The summed E-state index contributed by atoms with van der Waals surface area (Å²) >= 11 is 0. The molecule has 160 valence electrons. The molecule has 0 saturated heterocycles. The Morgan fingerprint density at radius 3 is 2.28 bits per heavy atom. The molecular weight excluding hydrogens is 406 g/mol. The fraction of sp³-hybridized carbons (Fsp3) is 0.0800.